The van der Waals surface area contributed by atoms with E-state index in [1.165, 1.54) is 19.2 Å². The number of carbonyl (C=O) groups is 1. The Hall–Kier alpha value is -1.91. The average molecular weight is 223 g/mol. The number of halogens is 1. The van der Waals surface area contributed by atoms with Gasteiger partial charge in [-0.05, 0) is 12.1 Å². The summed E-state index contributed by atoms with van der Waals surface area (Å²) in [5, 5.41) is 3.75. The standard InChI is InChI=1S/C11H10FNO3/c1-15-11(14)10-6-9(13-16-10)7-3-2-4-8(12)5-7/h2-5,10H,6H2,1H3/t10-/m1/s1. The summed E-state index contributed by atoms with van der Waals surface area (Å²) >= 11 is 0. The monoisotopic (exact) mass is 223 g/mol. The third-order valence-corrected chi connectivity index (χ3v) is 2.29. The molecule has 0 saturated carbocycles. The summed E-state index contributed by atoms with van der Waals surface area (Å²) in [5.74, 6) is -0.822. The molecule has 0 bridgehead atoms. The number of benzene rings is 1. The van der Waals surface area contributed by atoms with Crippen LogP contribution in [0.3, 0.4) is 0 Å². The van der Waals surface area contributed by atoms with Crippen LogP contribution in [0.2, 0.25) is 0 Å². The molecule has 0 aromatic heterocycles. The van der Waals surface area contributed by atoms with Crippen LogP contribution in [0.15, 0.2) is 29.4 Å². The molecule has 1 aliphatic rings. The van der Waals surface area contributed by atoms with Crippen LogP contribution in [-0.4, -0.2) is 24.9 Å². The minimum atomic E-state index is -0.719. The van der Waals surface area contributed by atoms with Gasteiger partial charge in [-0.3, -0.25) is 0 Å². The van der Waals surface area contributed by atoms with E-state index in [1.807, 2.05) is 0 Å². The van der Waals surface area contributed by atoms with Gasteiger partial charge in [0.05, 0.1) is 12.8 Å². The van der Waals surface area contributed by atoms with Crippen molar-refractivity contribution in [2.24, 2.45) is 5.16 Å². The smallest absolute Gasteiger partial charge is 0.350 e. The molecule has 0 saturated heterocycles. The zero-order valence-corrected chi connectivity index (χ0v) is 8.64. The average Bonchev–Trinajstić information content (AvgIpc) is 2.77. The molecule has 4 nitrogen and oxygen atoms in total. The van der Waals surface area contributed by atoms with E-state index in [0.29, 0.717) is 17.7 Å². The van der Waals surface area contributed by atoms with E-state index < -0.39 is 12.1 Å². The molecule has 0 unspecified atom stereocenters. The second-order valence-electron chi connectivity index (χ2n) is 3.37. The Morgan fingerprint density at radius 3 is 3.12 bits per heavy atom. The highest BCUT2D eigenvalue weighted by Crippen LogP contribution is 2.18. The number of ether oxygens (including phenoxy) is 1. The van der Waals surface area contributed by atoms with Gasteiger partial charge in [-0.2, -0.15) is 0 Å². The number of esters is 1. The van der Waals surface area contributed by atoms with Crippen molar-refractivity contribution in [3.63, 3.8) is 0 Å². The summed E-state index contributed by atoms with van der Waals surface area (Å²) < 4.78 is 17.5. The van der Waals surface area contributed by atoms with E-state index in [-0.39, 0.29) is 5.82 Å². The maximum absolute atomic E-state index is 13.0. The number of carbonyl (C=O) groups excluding carboxylic acids is 1. The van der Waals surface area contributed by atoms with Crippen LogP contribution in [0.25, 0.3) is 0 Å². The molecule has 0 N–H and O–H groups in total. The van der Waals surface area contributed by atoms with Gasteiger partial charge in [0.2, 0.25) is 6.10 Å². The molecule has 5 heteroatoms. The Kier molecular flexibility index (Phi) is 2.85. The molecule has 1 heterocycles. The molecular formula is C11H10FNO3. The Bertz CT molecular complexity index is 445. The first-order valence-electron chi connectivity index (χ1n) is 4.77. The molecule has 0 spiro atoms. The van der Waals surface area contributed by atoms with Crippen molar-refractivity contribution in [1.82, 2.24) is 0 Å². The molecule has 0 fully saturated rings. The van der Waals surface area contributed by atoms with Crippen LogP contribution in [0.1, 0.15) is 12.0 Å². The molecule has 0 aliphatic carbocycles. The topological polar surface area (TPSA) is 47.9 Å². The summed E-state index contributed by atoms with van der Waals surface area (Å²) in [6, 6.07) is 5.99. The lowest BCUT2D eigenvalue weighted by atomic mass is 10.1. The molecule has 84 valence electrons. The first-order chi connectivity index (χ1) is 7.70. The van der Waals surface area contributed by atoms with Crippen molar-refractivity contribution in [1.29, 1.82) is 0 Å². The summed E-state index contributed by atoms with van der Waals surface area (Å²) in [7, 11) is 1.28. The molecule has 1 aliphatic heterocycles. The van der Waals surface area contributed by atoms with Gasteiger partial charge in [0.1, 0.15) is 5.82 Å². The third kappa shape index (κ3) is 2.03. The molecule has 1 aromatic carbocycles. The quantitative estimate of drug-likeness (QED) is 0.714. The normalized spacial score (nSPS) is 18.9. The van der Waals surface area contributed by atoms with Gasteiger partial charge < -0.3 is 9.57 Å². The van der Waals surface area contributed by atoms with Crippen LogP contribution in [0, 0.1) is 5.82 Å². The largest absolute Gasteiger partial charge is 0.466 e. The Balaban J connectivity index is 2.12. The van der Waals surface area contributed by atoms with Crippen LogP contribution >= 0.6 is 0 Å². The number of methoxy groups -OCH3 is 1. The minimum absolute atomic E-state index is 0.302. The molecule has 1 aromatic rings. The fourth-order valence-corrected chi connectivity index (χ4v) is 1.47. The Morgan fingerprint density at radius 1 is 1.62 bits per heavy atom. The van der Waals surface area contributed by atoms with Crippen LogP contribution in [0.4, 0.5) is 4.39 Å². The third-order valence-electron chi connectivity index (χ3n) is 2.29. The lowest BCUT2D eigenvalue weighted by Crippen LogP contribution is -2.22. The number of oxime groups is 1. The van der Waals surface area contributed by atoms with E-state index in [1.54, 1.807) is 12.1 Å². The van der Waals surface area contributed by atoms with Crippen molar-refractivity contribution in [3.05, 3.63) is 35.6 Å². The molecule has 16 heavy (non-hydrogen) atoms. The minimum Gasteiger partial charge on any atom is -0.466 e. The first-order valence-corrected chi connectivity index (χ1v) is 4.77. The van der Waals surface area contributed by atoms with Crippen molar-refractivity contribution in [2.75, 3.05) is 7.11 Å². The van der Waals surface area contributed by atoms with Gasteiger partial charge in [0.25, 0.3) is 0 Å². The number of hydrogen-bond acceptors (Lipinski definition) is 4. The predicted molar refractivity (Wildman–Crippen MR) is 54.4 cm³/mol. The fraction of sp³-hybridized carbons (Fsp3) is 0.273. The van der Waals surface area contributed by atoms with Crippen LogP contribution in [-0.2, 0) is 14.4 Å². The van der Waals surface area contributed by atoms with Gasteiger partial charge in [-0.15, -0.1) is 0 Å². The highest BCUT2D eigenvalue weighted by molar-refractivity contribution is 6.03. The summed E-state index contributed by atoms with van der Waals surface area (Å²) in [4.78, 5) is 16.1. The molecule has 0 amide bonds. The van der Waals surface area contributed by atoms with Gasteiger partial charge in [0.15, 0.2) is 0 Å². The van der Waals surface area contributed by atoms with Gasteiger partial charge in [-0.25, -0.2) is 9.18 Å². The molecule has 1 atom stereocenters. The van der Waals surface area contributed by atoms with E-state index in [9.17, 15) is 9.18 Å². The highest BCUT2D eigenvalue weighted by atomic mass is 19.1. The van der Waals surface area contributed by atoms with E-state index in [0.717, 1.165) is 0 Å². The molecular weight excluding hydrogens is 213 g/mol. The Labute approximate surface area is 91.7 Å². The Morgan fingerprint density at radius 2 is 2.44 bits per heavy atom. The predicted octanol–water partition coefficient (Wildman–Crippen LogP) is 1.49. The van der Waals surface area contributed by atoms with Crippen LogP contribution in [0.5, 0.6) is 0 Å². The number of nitrogens with zero attached hydrogens (tertiary/aromatic N) is 1. The van der Waals surface area contributed by atoms with Crippen molar-refractivity contribution < 1.29 is 18.8 Å². The zero-order chi connectivity index (χ0) is 11.5. The van der Waals surface area contributed by atoms with Crippen LogP contribution < -0.4 is 0 Å². The number of rotatable bonds is 2. The van der Waals surface area contributed by atoms with Gasteiger partial charge in [-0.1, -0.05) is 17.3 Å². The molecule has 0 radical (unpaired) electrons. The lowest BCUT2D eigenvalue weighted by Gasteiger charge is -2.04. The summed E-state index contributed by atoms with van der Waals surface area (Å²) in [6.07, 6.45) is -0.417. The zero-order valence-electron chi connectivity index (χ0n) is 8.64. The van der Waals surface area contributed by atoms with Gasteiger partial charge >= 0.3 is 5.97 Å². The van der Waals surface area contributed by atoms with Crippen molar-refractivity contribution >= 4 is 11.7 Å². The lowest BCUT2D eigenvalue weighted by molar-refractivity contribution is -0.152. The first kappa shape index (κ1) is 10.6. The highest BCUT2D eigenvalue weighted by Gasteiger charge is 2.29. The SMILES string of the molecule is COC(=O)[C@H]1CC(c2cccc(F)c2)=NO1. The molecule has 2 rings (SSSR count). The van der Waals surface area contributed by atoms with Crippen molar-refractivity contribution in [2.45, 2.75) is 12.5 Å². The maximum Gasteiger partial charge on any atom is 0.350 e. The van der Waals surface area contributed by atoms with Crippen molar-refractivity contribution in [3.8, 4) is 0 Å². The van der Waals surface area contributed by atoms with E-state index in [2.05, 4.69) is 9.89 Å². The summed E-state index contributed by atoms with van der Waals surface area (Å²) in [5.41, 5.74) is 1.17. The summed E-state index contributed by atoms with van der Waals surface area (Å²) in [6.45, 7) is 0. The van der Waals surface area contributed by atoms with E-state index in [4.69, 9.17) is 4.84 Å². The van der Waals surface area contributed by atoms with Gasteiger partial charge in [0, 0.05) is 12.0 Å². The second-order valence-corrected chi connectivity index (χ2v) is 3.37. The fourth-order valence-electron chi connectivity index (χ4n) is 1.47. The maximum atomic E-state index is 13.0. The second kappa shape index (κ2) is 4.30. The number of hydrogen-bond donors (Lipinski definition) is 0. The van der Waals surface area contributed by atoms with E-state index >= 15 is 0 Å².